The van der Waals surface area contributed by atoms with Crippen LogP contribution in [-0.4, -0.2) is 37.2 Å². The number of hydrogen-bond donors (Lipinski definition) is 0. The summed E-state index contributed by atoms with van der Waals surface area (Å²) in [5.41, 5.74) is 0. The molecular weight excluding hydrogens is 997 g/mol. The van der Waals surface area contributed by atoms with Crippen molar-refractivity contribution in [2.75, 3.05) is 13.2 Å². The minimum atomic E-state index is -0.791. The van der Waals surface area contributed by atoms with Gasteiger partial charge in [-0.3, -0.25) is 14.4 Å². The molecule has 1 unspecified atom stereocenters. The Hall–Kier alpha value is -3.93. The third-order valence-corrected chi connectivity index (χ3v) is 14.8. The zero-order valence-corrected chi connectivity index (χ0v) is 53.3. The van der Waals surface area contributed by atoms with E-state index in [-0.39, 0.29) is 31.1 Å². The van der Waals surface area contributed by atoms with Crippen LogP contribution in [0.25, 0.3) is 0 Å². The van der Waals surface area contributed by atoms with Crippen molar-refractivity contribution in [2.45, 2.75) is 335 Å². The molecule has 0 heterocycles. The number of unbranched alkanes of at least 4 members (excludes halogenated alkanes) is 33. The Balaban J connectivity index is 4.35. The first-order valence-corrected chi connectivity index (χ1v) is 34.4. The van der Waals surface area contributed by atoms with E-state index >= 15 is 0 Å². The summed E-state index contributed by atoms with van der Waals surface area (Å²) in [4.78, 5) is 38.4. The van der Waals surface area contributed by atoms with Gasteiger partial charge < -0.3 is 14.2 Å². The van der Waals surface area contributed by atoms with Crippen LogP contribution in [0.5, 0.6) is 0 Å². The van der Waals surface area contributed by atoms with Crippen LogP contribution in [-0.2, 0) is 28.6 Å². The third-order valence-electron chi connectivity index (χ3n) is 14.8. The third kappa shape index (κ3) is 66.8. The van der Waals surface area contributed by atoms with Crippen LogP contribution < -0.4 is 0 Å². The van der Waals surface area contributed by atoms with Gasteiger partial charge in [-0.2, -0.15) is 0 Å². The summed E-state index contributed by atoms with van der Waals surface area (Å²) in [6, 6.07) is 0. The maximum absolute atomic E-state index is 13.0. The Kier molecular flexibility index (Phi) is 65.2. The lowest BCUT2D eigenvalue weighted by molar-refractivity contribution is -0.167. The van der Waals surface area contributed by atoms with E-state index in [1.165, 1.54) is 148 Å². The van der Waals surface area contributed by atoms with Gasteiger partial charge in [0.05, 0.1) is 0 Å². The summed E-state index contributed by atoms with van der Waals surface area (Å²) in [6.45, 7) is 6.43. The number of esters is 3. The maximum Gasteiger partial charge on any atom is 0.306 e. The van der Waals surface area contributed by atoms with Crippen LogP contribution in [0.2, 0.25) is 0 Å². The Labute approximate surface area is 501 Å². The SMILES string of the molecule is CC/C=C\C/C=C\C/C=C\C/C=C\C/C=C\C/C=C\CCCCCCCCCCC(=O)OCC(COC(=O)CCCCCCC/C=C\C/C=C\C/C=C\CC)OC(=O)CCCCCCCCCCCCCCCCCCCCCCC. The molecule has 0 N–H and O–H groups in total. The van der Waals surface area contributed by atoms with Crippen LogP contribution in [0.3, 0.4) is 0 Å². The van der Waals surface area contributed by atoms with Gasteiger partial charge in [-0.1, -0.05) is 316 Å². The number of rotatable bonds is 62. The van der Waals surface area contributed by atoms with Crippen LogP contribution >= 0.6 is 0 Å². The van der Waals surface area contributed by atoms with Crippen LogP contribution in [0.15, 0.2) is 109 Å². The molecule has 1 atom stereocenters. The van der Waals surface area contributed by atoms with Crippen LogP contribution in [0, 0.1) is 0 Å². The first kappa shape index (κ1) is 77.1. The molecule has 0 aromatic carbocycles. The fourth-order valence-corrected chi connectivity index (χ4v) is 9.70. The topological polar surface area (TPSA) is 78.9 Å². The van der Waals surface area contributed by atoms with Gasteiger partial charge in [-0.05, 0) is 103 Å². The summed E-state index contributed by atoms with van der Waals surface area (Å²) < 4.78 is 17.0. The van der Waals surface area contributed by atoms with Crippen molar-refractivity contribution in [3.05, 3.63) is 109 Å². The van der Waals surface area contributed by atoms with Crippen molar-refractivity contribution in [3.8, 4) is 0 Å². The van der Waals surface area contributed by atoms with Gasteiger partial charge in [-0.15, -0.1) is 0 Å². The number of hydrogen-bond acceptors (Lipinski definition) is 6. The van der Waals surface area contributed by atoms with E-state index in [1.54, 1.807) is 0 Å². The van der Waals surface area contributed by atoms with E-state index in [0.29, 0.717) is 19.3 Å². The van der Waals surface area contributed by atoms with Gasteiger partial charge in [0.2, 0.25) is 0 Å². The monoisotopic (exact) mass is 1120 g/mol. The largest absolute Gasteiger partial charge is 0.462 e. The van der Waals surface area contributed by atoms with Gasteiger partial charge in [0.1, 0.15) is 13.2 Å². The molecule has 0 saturated heterocycles. The molecule has 6 heteroatoms. The number of carbonyl (C=O) groups excluding carboxylic acids is 3. The molecule has 0 spiro atoms. The molecular formula is C75H128O6. The molecule has 0 aliphatic carbocycles. The summed E-state index contributed by atoms with van der Waals surface area (Å²) in [5.74, 6) is -0.897. The van der Waals surface area contributed by atoms with Crippen molar-refractivity contribution in [1.82, 2.24) is 0 Å². The highest BCUT2D eigenvalue weighted by Crippen LogP contribution is 2.17. The second kappa shape index (κ2) is 68.6. The van der Waals surface area contributed by atoms with Crippen LogP contribution in [0.1, 0.15) is 329 Å². The Morgan fingerprint density at radius 1 is 0.259 bits per heavy atom. The predicted molar refractivity (Wildman–Crippen MR) is 353 cm³/mol. The van der Waals surface area contributed by atoms with Crippen molar-refractivity contribution < 1.29 is 28.6 Å². The van der Waals surface area contributed by atoms with E-state index in [1.807, 2.05) is 0 Å². The lowest BCUT2D eigenvalue weighted by atomic mass is 10.0. The summed E-state index contributed by atoms with van der Waals surface area (Å²) in [6.07, 6.45) is 93.9. The van der Waals surface area contributed by atoms with Gasteiger partial charge in [0, 0.05) is 19.3 Å². The molecule has 464 valence electrons. The molecule has 0 aliphatic heterocycles. The lowest BCUT2D eigenvalue weighted by Gasteiger charge is -2.18. The molecule has 6 nitrogen and oxygen atoms in total. The minimum absolute atomic E-state index is 0.0865. The highest BCUT2D eigenvalue weighted by molar-refractivity contribution is 5.71. The van der Waals surface area contributed by atoms with E-state index in [9.17, 15) is 14.4 Å². The molecule has 0 aromatic rings. The Morgan fingerprint density at radius 3 is 0.753 bits per heavy atom. The zero-order chi connectivity index (χ0) is 58.5. The zero-order valence-electron chi connectivity index (χ0n) is 53.3. The van der Waals surface area contributed by atoms with Gasteiger partial charge >= 0.3 is 17.9 Å². The Bertz CT molecular complexity index is 1620. The highest BCUT2D eigenvalue weighted by Gasteiger charge is 2.19. The second-order valence-corrected chi connectivity index (χ2v) is 22.7. The standard InChI is InChI=1S/C75H128O6/c1-4-7-10-13-16-19-22-25-28-30-32-34-35-36-37-38-39-41-42-44-47-50-53-56-59-62-65-68-74(77)80-71-72(70-79-73(76)67-64-61-58-55-52-49-46-27-24-21-18-15-12-9-6-3)81-75(78)69-66-63-60-57-54-51-48-45-43-40-33-31-29-26-23-20-17-14-11-8-5-2/h7,9-10,12,16,18-19,21,25,27-28,32,34,36-37,39,41,46,72H,4-6,8,11,13-15,17,20,22-24,26,29-31,33,35,38,40,42-45,47-71H2,1-3H3/b10-7-,12-9-,19-16-,21-18-,28-25-,34-32-,37-36-,41-39-,46-27-. The molecule has 0 fully saturated rings. The summed E-state index contributed by atoms with van der Waals surface area (Å²) in [5, 5.41) is 0. The van der Waals surface area contributed by atoms with Crippen molar-refractivity contribution in [2.24, 2.45) is 0 Å². The molecule has 81 heavy (non-hydrogen) atoms. The first-order chi connectivity index (χ1) is 40.0. The highest BCUT2D eigenvalue weighted by atomic mass is 16.6. The molecule has 0 amide bonds. The quantitative estimate of drug-likeness (QED) is 0.0261. The fraction of sp³-hybridized carbons (Fsp3) is 0.720. The van der Waals surface area contributed by atoms with Crippen LogP contribution in [0.4, 0.5) is 0 Å². The first-order valence-electron chi connectivity index (χ1n) is 34.4. The van der Waals surface area contributed by atoms with Crippen molar-refractivity contribution in [1.29, 1.82) is 0 Å². The molecule has 0 saturated carbocycles. The second-order valence-electron chi connectivity index (χ2n) is 22.7. The number of ether oxygens (including phenoxy) is 3. The fourth-order valence-electron chi connectivity index (χ4n) is 9.70. The summed E-state index contributed by atoms with van der Waals surface area (Å²) in [7, 11) is 0. The molecule has 0 radical (unpaired) electrons. The predicted octanol–water partition coefficient (Wildman–Crippen LogP) is 23.8. The van der Waals surface area contributed by atoms with E-state index in [2.05, 4.69) is 130 Å². The molecule has 0 aliphatic rings. The van der Waals surface area contributed by atoms with Crippen molar-refractivity contribution >= 4 is 17.9 Å². The lowest BCUT2D eigenvalue weighted by Crippen LogP contribution is -2.30. The molecule has 0 bridgehead atoms. The van der Waals surface area contributed by atoms with Gasteiger partial charge in [0.25, 0.3) is 0 Å². The smallest absolute Gasteiger partial charge is 0.306 e. The summed E-state index contributed by atoms with van der Waals surface area (Å²) >= 11 is 0. The van der Waals surface area contributed by atoms with E-state index in [0.717, 1.165) is 141 Å². The normalized spacial score (nSPS) is 12.8. The van der Waals surface area contributed by atoms with Gasteiger partial charge in [0.15, 0.2) is 6.10 Å². The average molecular weight is 1130 g/mol. The van der Waals surface area contributed by atoms with Gasteiger partial charge in [-0.25, -0.2) is 0 Å². The molecule has 0 rings (SSSR count). The average Bonchev–Trinajstić information content (AvgIpc) is 3.47. The molecule has 0 aromatic heterocycles. The minimum Gasteiger partial charge on any atom is -0.462 e. The van der Waals surface area contributed by atoms with Crippen molar-refractivity contribution in [3.63, 3.8) is 0 Å². The number of allylic oxidation sites excluding steroid dienone is 18. The Morgan fingerprint density at radius 2 is 0.481 bits per heavy atom. The van der Waals surface area contributed by atoms with E-state index < -0.39 is 6.10 Å². The maximum atomic E-state index is 13.0. The van der Waals surface area contributed by atoms with E-state index in [4.69, 9.17) is 14.2 Å². The number of carbonyl (C=O) groups is 3.